The van der Waals surface area contributed by atoms with Crippen LogP contribution in [-0.4, -0.2) is 5.11 Å². The van der Waals surface area contributed by atoms with Gasteiger partial charge >= 0.3 is 0 Å². The summed E-state index contributed by atoms with van der Waals surface area (Å²) in [6.45, 7) is 6.03. The van der Waals surface area contributed by atoms with Crippen molar-refractivity contribution in [1.82, 2.24) is 0 Å². The molecule has 13 heavy (non-hydrogen) atoms. The van der Waals surface area contributed by atoms with Gasteiger partial charge in [0.05, 0.1) is 0 Å². The van der Waals surface area contributed by atoms with E-state index in [1.54, 1.807) is 12.1 Å². The lowest BCUT2D eigenvalue weighted by Gasteiger charge is -2.30. The average Bonchev–Trinajstić information content (AvgIpc) is 2.04. The lowest BCUT2D eigenvalue weighted by molar-refractivity contribution is 0.333. The second-order valence-corrected chi connectivity index (χ2v) is 3.95. The van der Waals surface area contributed by atoms with Crippen molar-refractivity contribution >= 4 is 0 Å². The molecule has 1 aromatic carbocycles. The van der Waals surface area contributed by atoms with Gasteiger partial charge in [0.25, 0.3) is 0 Å². The van der Waals surface area contributed by atoms with Gasteiger partial charge in [0.15, 0.2) is 0 Å². The van der Waals surface area contributed by atoms with Crippen LogP contribution in [0.15, 0.2) is 24.3 Å². The van der Waals surface area contributed by atoms with Crippen molar-refractivity contribution in [1.29, 1.82) is 0 Å². The topological polar surface area (TPSA) is 46.2 Å². The van der Waals surface area contributed by atoms with Crippen molar-refractivity contribution in [3.63, 3.8) is 0 Å². The maximum atomic E-state index is 9.62. The van der Waals surface area contributed by atoms with Crippen LogP contribution >= 0.6 is 0 Å². The van der Waals surface area contributed by atoms with Crippen molar-refractivity contribution in [2.75, 3.05) is 0 Å². The number of rotatable bonds is 2. The Hall–Kier alpha value is -1.02. The predicted octanol–water partition coefficient (Wildman–Crippen LogP) is 2.22. The molecule has 0 saturated heterocycles. The monoisotopic (exact) mass is 179 g/mol. The molecule has 0 fully saturated rings. The van der Waals surface area contributed by atoms with Crippen LogP contribution in [0, 0.1) is 5.92 Å². The molecule has 0 aliphatic rings. The highest BCUT2D eigenvalue weighted by atomic mass is 16.3. The third-order valence-electron chi connectivity index (χ3n) is 2.68. The fourth-order valence-electron chi connectivity index (χ4n) is 1.24. The molecule has 1 rings (SSSR count). The zero-order valence-electron chi connectivity index (χ0n) is 8.41. The molecule has 3 N–H and O–H groups in total. The summed E-state index contributed by atoms with van der Waals surface area (Å²) in [5.41, 5.74) is 6.46. The molecular formula is C11H17NO. The Labute approximate surface area is 79.4 Å². The van der Waals surface area contributed by atoms with Crippen molar-refractivity contribution in [3.05, 3.63) is 29.8 Å². The van der Waals surface area contributed by atoms with Gasteiger partial charge in [-0.25, -0.2) is 0 Å². The molecule has 0 saturated carbocycles. The first-order valence-corrected chi connectivity index (χ1v) is 4.53. The molecule has 0 heterocycles. The largest absolute Gasteiger partial charge is 0.508 e. The molecule has 2 heteroatoms. The summed E-state index contributed by atoms with van der Waals surface area (Å²) < 4.78 is 0. The highest BCUT2D eigenvalue weighted by molar-refractivity contribution is 5.37. The Balaban J connectivity index is 3.14. The molecule has 0 bridgehead atoms. The van der Waals surface area contributed by atoms with Crippen molar-refractivity contribution < 1.29 is 5.11 Å². The van der Waals surface area contributed by atoms with Crippen molar-refractivity contribution in [2.24, 2.45) is 11.7 Å². The highest BCUT2D eigenvalue weighted by Crippen LogP contribution is 2.32. The van der Waals surface area contributed by atoms with Gasteiger partial charge in [-0.1, -0.05) is 32.0 Å². The molecule has 0 aliphatic heterocycles. The van der Waals surface area contributed by atoms with E-state index in [1.807, 2.05) is 32.9 Å². The molecule has 72 valence electrons. The SMILES string of the molecule is CC(C)C(C)(N)c1ccccc1O. The van der Waals surface area contributed by atoms with Crippen LogP contribution in [0.1, 0.15) is 26.3 Å². The average molecular weight is 179 g/mol. The second-order valence-electron chi connectivity index (χ2n) is 3.95. The van der Waals surface area contributed by atoms with Gasteiger partial charge in [0, 0.05) is 11.1 Å². The molecule has 0 amide bonds. The van der Waals surface area contributed by atoms with Crippen LogP contribution < -0.4 is 5.73 Å². The second kappa shape index (κ2) is 3.38. The number of hydrogen-bond acceptors (Lipinski definition) is 2. The van der Waals surface area contributed by atoms with Gasteiger partial charge in [-0.05, 0) is 18.9 Å². The molecular weight excluding hydrogens is 162 g/mol. The molecule has 1 unspecified atom stereocenters. The van der Waals surface area contributed by atoms with Crippen molar-refractivity contribution in [3.8, 4) is 5.75 Å². The minimum atomic E-state index is -0.467. The Morgan fingerprint density at radius 2 is 1.85 bits per heavy atom. The van der Waals surface area contributed by atoms with Crippen LogP contribution in [0.4, 0.5) is 0 Å². The summed E-state index contributed by atoms with van der Waals surface area (Å²) in [6, 6.07) is 7.23. The van der Waals surface area contributed by atoms with Gasteiger partial charge < -0.3 is 10.8 Å². The van der Waals surface area contributed by atoms with Crippen LogP contribution in [0.25, 0.3) is 0 Å². The summed E-state index contributed by atoms with van der Waals surface area (Å²) in [5, 5.41) is 9.62. The zero-order chi connectivity index (χ0) is 10.1. The number of benzene rings is 1. The minimum absolute atomic E-state index is 0.279. The minimum Gasteiger partial charge on any atom is -0.508 e. The highest BCUT2D eigenvalue weighted by Gasteiger charge is 2.27. The Morgan fingerprint density at radius 1 is 1.31 bits per heavy atom. The van der Waals surface area contributed by atoms with E-state index in [-0.39, 0.29) is 5.75 Å². The van der Waals surface area contributed by atoms with Gasteiger partial charge in [-0.2, -0.15) is 0 Å². The molecule has 2 nitrogen and oxygen atoms in total. The third-order valence-corrected chi connectivity index (χ3v) is 2.68. The zero-order valence-corrected chi connectivity index (χ0v) is 8.41. The smallest absolute Gasteiger partial charge is 0.120 e. The van der Waals surface area contributed by atoms with E-state index in [4.69, 9.17) is 5.73 Å². The van der Waals surface area contributed by atoms with Gasteiger partial charge in [0.1, 0.15) is 5.75 Å². The summed E-state index contributed by atoms with van der Waals surface area (Å²) in [4.78, 5) is 0. The van der Waals surface area contributed by atoms with E-state index in [2.05, 4.69) is 0 Å². The van der Waals surface area contributed by atoms with Gasteiger partial charge in [-0.15, -0.1) is 0 Å². The quantitative estimate of drug-likeness (QED) is 0.731. The summed E-state index contributed by atoms with van der Waals surface area (Å²) in [6.07, 6.45) is 0. The third kappa shape index (κ3) is 1.83. The lowest BCUT2D eigenvalue weighted by Crippen LogP contribution is -2.38. The standard InChI is InChI=1S/C11H17NO/c1-8(2)11(3,12)9-6-4-5-7-10(9)13/h4-8,13H,12H2,1-3H3. The Morgan fingerprint density at radius 3 is 2.31 bits per heavy atom. The molecule has 1 aromatic rings. The van der Waals surface area contributed by atoms with E-state index < -0.39 is 5.54 Å². The number of hydrogen-bond donors (Lipinski definition) is 2. The van der Waals surface area contributed by atoms with E-state index in [0.717, 1.165) is 5.56 Å². The first kappa shape index (κ1) is 10.1. The van der Waals surface area contributed by atoms with Crippen molar-refractivity contribution in [2.45, 2.75) is 26.3 Å². The molecule has 0 radical (unpaired) electrons. The maximum Gasteiger partial charge on any atom is 0.120 e. The summed E-state index contributed by atoms with van der Waals surface area (Å²) in [5.74, 6) is 0.571. The fraction of sp³-hybridized carbons (Fsp3) is 0.455. The van der Waals surface area contributed by atoms with Crippen LogP contribution in [0.2, 0.25) is 0 Å². The normalized spacial score (nSPS) is 15.8. The first-order chi connectivity index (χ1) is 5.96. The van der Waals surface area contributed by atoms with Crippen LogP contribution in [-0.2, 0) is 5.54 Å². The number of phenols is 1. The van der Waals surface area contributed by atoms with Crippen LogP contribution in [0.5, 0.6) is 5.75 Å². The number of aromatic hydroxyl groups is 1. The molecule has 0 spiro atoms. The Bertz CT molecular complexity index is 292. The number of nitrogens with two attached hydrogens (primary N) is 1. The van der Waals surface area contributed by atoms with E-state index in [0.29, 0.717) is 5.92 Å². The number of para-hydroxylation sites is 1. The van der Waals surface area contributed by atoms with Gasteiger partial charge in [0.2, 0.25) is 0 Å². The van der Waals surface area contributed by atoms with E-state index in [9.17, 15) is 5.11 Å². The summed E-state index contributed by atoms with van der Waals surface area (Å²) >= 11 is 0. The Kier molecular flexibility index (Phi) is 2.62. The van der Waals surface area contributed by atoms with E-state index in [1.165, 1.54) is 0 Å². The first-order valence-electron chi connectivity index (χ1n) is 4.53. The maximum absolute atomic E-state index is 9.62. The summed E-state index contributed by atoms with van der Waals surface area (Å²) in [7, 11) is 0. The lowest BCUT2D eigenvalue weighted by atomic mass is 9.82. The molecule has 0 aromatic heterocycles. The van der Waals surface area contributed by atoms with Crippen LogP contribution in [0.3, 0.4) is 0 Å². The fourth-order valence-corrected chi connectivity index (χ4v) is 1.24. The predicted molar refractivity (Wildman–Crippen MR) is 54.5 cm³/mol. The number of phenolic OH excluding ortho intramolecular Hbond substituents is 1. The van der Waals surface area contributed by atoms with E-state index >= 15 is 0 Å². The van der Waals surface area contributed by atoms with Gasteiger partial charge in [-0.3, -0.25) is 0 Å². The molecule has 0 aliphatic carbocycles. The molecule has 1 atom stereocenters.